The van der Waals surface area contributed by atoms with Gasteiger partial charge in [0.05, 0.1) is 38.3 Å². The summed E-state index contributed by atoms with van der Waals surface area (Å²) in [6.45, 7) is 3.22. The van der Waals surface area contributed by atoms with Crippen molar-refractivity contribution in [3.63, 3.8) is 0 Å². The van der Waals surface area contributed by atoms with Crippen LogP contribution in [-0.4, -0.2) is 92.3 Å². The average Bonchev–Trinajstić information content (AvgIpc) is 3.92. The molecule has 3 saturated heterocycles. The number of benzene rings is 2. The Hall–Kier alpha value is -4.92. The Labute approximate surface area is 303 Å². The topological polar surface area (TPSA) is 160 Å². The molecule has 0 aliphatic carbocycles. The van der Waals surface area contributed by atoms with Crippen molar-refractivity contribution in [2.45, 2.75) is 56.4 Å². The first-order valence-corrected chi connectivity index (χ1v) is 18.0. The van der Waals surface area contributed by atoms with Crippen molar-refractivity contribution in [2.24, 2.45) is 0 Å². The number of carbonyl (C=O) groups is 1. The second kappa shape index (κ2) is 12.1. The number of nitrogens with one attached hydrogen (secondary N) is 1. The van der Waals surface area contributed by atoms with Gasteiger partial charge in [-0.1, -0.05) is 17.7 Å². The molecule has 5 aromatic rings. The number of nitrogens with two attached hydrogens (primary N) is 1. The van der Waals surface area contributed by atoms with Crippen LogP contribution in [0.4, 0.5) is 28.8 Å². The number of hydrogen-bond acceptors (Lipinski definition) is 12. The molecule has 0 saturated carbocycles. The Morgan fingerprint density at radius 2 is 2.13 bits per heavy atom. The number of aryl methyl sites for hydroxylation is 1. The Bertz CT molecular complexity index is 2370. The lowest BCUT2D eigenvalue weighted by Gasteiger charge is -2.31. The highest BCUT2D eigenvalue weighted by molar-refractivity contribution is 7.23. The summed E-state index contributed by atoms with van der Waals surface area (Å²) in [5, 5.41) is 17.3. The van der Waals surface area contributed by atoms with Crippen LogP contribution >= 0.6 is 22.9 Å². The van der Waals surface area contributed by atoms with Crippen molar-refractivity contribution in [1.82, 2.24) is 34.9 Å². The largest absolute Gasteiger partial charge is 0.489 e. The monoisotopic (exact) mass is 750 g/mol. The van der Waals surface area contributed by atoms with Crippen LogP contribution in [0.25, 0.3) is 32.1 Å². The van der Waals surface area contributed by atoms with Crippen LogP contribution in [0.2, 0.25) is 5.02 Å². The number of hydrogen-bond donors (Lipinski definition) is 2. The number of nitrogen functional groups attached to an aromatic ring is 1. The van der Waals surface area contributed by atoms with Gasteiger partial charge in [0.25, 0.3) is 0 Å². The summed E-state index contributed by atoms with van der Waals surface area (Å²) in [6.07, 6.45) is 2.74. The number of ether oxygens (including phenoxy) is 2. The van der Waals surface area contributed by atoms with E-state index in [2.05, 4.69) is 25.3 Å². The van der Waals surface area contributed by atoms with E-state index in [1.165, 1.54) is 18.5 Å². The number of nitrogens with zero attached hydrogens (tertiary/aromatic N) is 8. The lowest BCUT2D eigenvalue weighted by Crippen LogP contribution is -2.43. The Morgan fingerprint density at radius 3 is 2.92 bits per heavy atom. The molecule has 4 aliphatic heterocycles. The highest BCUT2D eigenvalue weighted by atomic mass is 35.5. The number of alkyl halides is 1. The molecule has 4 atom stereocenters. The van der Waals surface area contributed by atoms with E-state index in [1.807, 2.05) is 11.0 Å². The quantitative estimate of drug-likeness (QED) is 0.238. The third kappa shape index (κ3) is 5.02. The standard InChI is InChI=1S/C34H30ClF3N10O3S/c1-15-41-14-48(45-15)33(49)42-17-7-18-12-50-28-24-27(26(38)23(25(28)35)19-3-4-21(37)29-22(19)20(9-39)30(40)52-29)43-32(44-31(24)47(18)11-17)51-13-34-5-2-6-46(34)10-16(36)8-34/h3-4,14,16-18H,2,5-8,10-13,40H2,1H3,(H,42,49)/t16-,17?,18+,34+/m1/s1. The van der Waals surface area contributed by atoms with Crippen LogP contribution in [0.1, 0.15) is 37.1 Å². The molecule has 1 amide bonds. The molecule has 2 aromatic carbocycles. The van der Waals surface area contributed by atoms with E-state index in [4.69, 9.17) is 31.8 Å². The molecule has 13 nitrogen and oxygen atoms in total. The van der Waals surface area contributed by atoms with Crippen molar-refractivity contribution in [3.05, 3.63) is 46.5 Å². The molecule has 0 spiro atoms. The molecule has 0 radical (unpaired) electrons. The molecule has 7 heterocycles. The third-order valence-electron chi connectivity index (χ3n) is 10.6. The number of fused-ring (bicyclic) bond motifs is 4. The van der Waals surface area contributed by atoms with Gasteiger partial charge in [0, 0.05) is 30.5 Å². The Balaban J connectivity index is 1.19. The first-order valence-electron chi connectivity index (χ1n) is 16.8. The first-order chi connectivity index (χ1) is 25.0. The summed E-state index contributed by atoms with van der Waals surface area (Å²) in [5.41, 5.74) is 5.40. The summed E-state index contributed by atoms with van der Waals surface area (Å²) >= 11 is 7.93. The molecule has 1 unspecified atom stereocenters. The maximum atomic E-state index is 17.3. The zero-order valence-electron chi connectivity index (χ0n) is 27.6. The number of halogens is 4. The van der Waals surface area contributed by atoms with Gasteiger partial charge in [-0.3, -0.25) is 4.90 Å². The third-order valence-corrected chi connectivity index (χ3v) is 12.0. The van der Waals surface area contributed by atoms with Crippen LogP contribution in [0.5, 0.6) is 11.8 Å². The van der Waals surface area contributed by atoms with Crippen LogP contribution in [0, 0.1) is 29.9 Å². The van der Waals surface area contributed by atoms with Gasteiger partial charge in [-0.15, -0.1) is 16.4 Å². The van der Waals surface area contributed by atoms with Gasteiger partial charge in [0.1, 0.15) is 59.8 Å². The Morgan fingerprint density at radius 1 is 1.29 bits per heavy atom. The number of anilines is 2. The molecule has 268 valence electrons. The fourth-order valence-corrected chi connectivity index (χ4v) is 9.62. The smallest absolute Gasteiger partial charge is 0.343 e. The molecular weight excluding hydrogens is 721 g/mol. The molecule has 3 N–H and O–H groups in total. The van der Waals surface area contributed by atoms with Gasteiger partial charge < -0.3 is 25.4 Å². The number of thiophene rings is 1. The summed E-state index contributed by atoms with van der Waals surface area (Å²) in [4.78, 5) is 30.4. The maximum absolute atomic E-state index is 17.3. The lowest BCUT2D eigenvalue weighted by atomic mass is 9.95. The van der Waals surface area contributed by atoms with E-state index in [0.717, 1.165) is 35.4 Å². The van der Waals surface area contributed by atoms with Gasteiger partial charge in [-0.05, 0) is 44.4 Å². The van der Waals surface area contributed by atoms with Crippen LogP contribution in [0.15, 0.2) is 18.5 Å². The molecule has 9 rings (SSSR count). The van der Waals surface area contributed by atoms with Crippen molar-refractivity contribution < 1.29 is 27.4 Å². The fourth-order valence-electron chi connectivity index (χ4n) is 8.34. The number of rotatable bonds is 5. The second-order valence-electron chi connectivity index (χ2n) is 13.7. The molecular formula is C34H30ClF3N10O3S. The van der Waals surface area contributed by atoms with E-state index in [-0.39, 0.29) is 97.1 Å². The molecule has 18 heteroatoms. The first kappa shape index (κ1) is 33.0. The molecule has 0 bridgehead atoms. The number of nitriles is 1. The second-order valence-corrected chi connectivity index (χ2v) is 15.2. The zero-order chi connectivity index (χ0) is 36.1. The molecule has 52 heavy (non-hydrogen) atoms. The minimum absolute atomic E-state index is 0.00198. The minimum Gasteiger partial charge on any atom is -0.489 e. The zero-order valence-corrected chi connectivity index (χ0v) is 29.2. The van der Waals surface area contributed by atoms with E-state index in [1.54, 1.807) is 6.92 Å². The average molecular weight is 751 g/mol. The predicted octanol–water partition coefficient (Wildman–Crippen LogP) is 5.35. The molecule has 4 aliphatic rings. The van der Waals surface area contributed by atoms with E-state index in [9.17, 15) is 14.4 Å². The Kier molecular flexibility index (Phi) is 7.65. The SMILES string of the molecule is Cc1ncn(C(=O)NC2C[C@H]3COc4c(Cl)c(-c5ccc(F)c6sc(N)c(C#N)c56)c(F)c5nc(OC[C@@]67CCCN6C[C@H](F)C7)nc(c45)N3C2)n1. The summed E-state index contributed by atoms with van der Waals surface area (Å²) < 4.78 is 60.7. The predicted molar refractivity (Wildman–Crippen MR) is 187 cm³/mol. The summed E-state index contributed by atoms with van der Waals surface area (Å²) in [5.74, 6) is -0.638. The van der Waals surface area contributed by atoms with Crippen molar-refractivity contribution in [1.29, 1.82) is 5.26 Å². The van der Waals surface area contributed by atoms with Gasteiger partial charge in [-0.2, -0.15) is 19.9 Å². The highest BCUT2D eigenvalue weighted by Crippen LogP contribution is 2.52. The lowest BCUT2D eigenvalue weighted by molar-refractivity contribution is 0.107. The summed E-state index contributed by atoms with van der Waals surface area (Å²) in [6, 6.07) is 3.25. The highest BCUT2D eigenvalue weighted by Gasteiger charge is 2.49. The van der Waals surface area contributed by atoms with Gasteiger partial charge >= 0.3 is 12.0 Å². The van der Waals surface area contributed by atoms with Crippen LogP contribution < -0.4 is 25.4 Å². The van der Waals surface area contributed by atoms with Gasteiger partial charge in [0.2, 0.25) is 0 Å². The van der Waals surface area contributed by atoms with Gasteiger partial charge in [-0.25, -0.2) is 22.9 Å². The van der Waals surface area contributed by atoms with Crippen LogP contribution in [-0.2, 0) is 0 Å². The maximum Gasteiger partial charge on any atom is 0.343 e. The molecule has 3 aromatic heterocycles. The van der Waals surface area contributed by atoms with E-state index < -0.39 is 29.4 Å². The van der Waals surface area contributed by atoms with E-state index >= 15 is 8.78 Å². The van der Waals surface area contributed by atoms with Crippen LogP contribution in [0.3, 0.4) is 0 Å². The molecule has 3 fully saturated rings. The number of aromatic nitrogens is 5. The number of amides is 1. The number of carbonyl (C=O) groups excluding carboxylic acids is 1. The summed E-state index contributed by atoms with van der Waals surface area (Å²) in [7, 11) is 0. The van der Waals surface area contributed by atoms with Crippen molar-refractivity contribution in [3.8, 4) is 29.0 Å². The van der Waals surface area contributed by atoms with E-state index in [0.29, 0.717) is 25.2 Å². The van der Waals surface area contributed by atoms with Gasteiger partial charge in [0.15, 0.2) is 11.6 Å². The minimum atomic E-state index is -0.983. The fraction of sp³-hybridized carbons (Fsp3) is 0.412. The normalized spacial score (nSPS) is 23.8. The van der Waals surface area contributed by atoms with Crippen molar-refractivity contribution >= 4 is 60.8 Å². The van der Waals surface area contributed by atoms with Crippen molar-refractivity contribution in [2.75, 3.05) is 43.5 Å².